The standard InChI is InChI=1S/C21H25N5O4S/c22-13-18-7-4-12-26(18)20(27)15-23-14-16-8-10-19(11-9-16)31(29,30)25-21(28)24-17-5-2-1-3-6-17/h4,7-12,17,23H,1-3,5-6,14-15H2,(H2,24,25,28). The van der Waals surface area contributed by atoms with Crippen molar-refractivity contribution in [2.45, 2.75) is 49.6 Å². The third-order valence-electron chi connectivity index (χ3n) is 5.14. The number of hydrogen-bond donors (Lipinski definition) is 3. The third-order valence-corrected chi connectivity index (χ3v) is 6.49. The van der Waals surface area contributed by atoms with Crippen LogP contribution in [0.3, 0.4) is 0 Å². The molecule has 10 heteroatoms. The van der Waals surface area contributed by atoms with Gasteiger partial charge in [-0.2, -0.15) is 5.26 Å². The fourth-order valence-electron chi connectivity index (χ4n) is 3.52. The molecule has 164 valence electrons. The number of rotatable bonds is 7. The average Bonchev–Trinajstić information content (AvgIpc) is 3.23. The minimum Gasteiger partial charge on any atom is -0.335 e. The van der Waals surface area contributed by atoms with Gasteiger partial charge in [0.1, 0.15) is 11.8 Å². The Hall–Kier alpha value is -3.16. The minimum absolute atomic E-state index is 0.0101. The lowest BCUT2D eigenvalue weighted by Gasteiger charge is -2.22. The van der Waals surface area contributed by atoms with E-state index >= 15 is 0 Å². The highest BCUT2D eigenvalue weighted by Gasteiger charge is 2.21. The van der Waals surface area contributed by atoms with Gasteiger partial charge in [0, 0.05) is 18.8 Å². The van der Waals surface area contributed by atoms with E-state index in [0.29, 0.717) is 6.54 Å². The summed E-state index contributed by atoms with van der Waals surface area (Å²) in [6.07, 6.45) is 6.45. The van der Waals surface area contributed by atoms with E-state index in [0.717, 1.165) is 37.7 Å². The summed E-state index contributed by atoms with van der Waals surface area (Å²) in [6, 6.07) is 10.5. The maximum absolute atomic E-state index is 12.4. The second-order valence-corrected chi connectivity index (χ2v) is 9.11. The van der Waals surface area contributed by atoms with E-state index in [1.54, 1.807) is 24.3 Å². The monoisotopic (exact) mass is 443 g/mol. The van der Waals surface area contributed by atoms with E-state index in [9.17, 15) is 18.0 Å². The highest BCUT2D eigenvalue weighted by Crippen LogP contribution is 2.17. The van der Waals surface area contributed by atoms with Crippen LogP contribution in [0.1, 0.15) is 48.2 Å². The number of nitrogens with zero attached hydrogens (tertiary/aromatic N) is 2. The molecule has 0 aliphatic heterocycles. The summed E-state index contributed by atoms with van der Waals surface area (Å²) in [7, 11) is -3.97. The van der Waals surface area contributed by atoms with Crippen LogP contribution in [0.25, 0.3) is 0 Å². The molecule has 0 bridgehead atoms. The molecule has 0 atom stereocenters. The number of urea groups is 1. The summed E-state index contributed by atoms with van der Waals surface area (Å²) in [5.74, 6) is -0.270. The zero-order valence-corrected chi connectivity index (χ0v) is 17.8. The molecule has 9 nitrogen and oxygen atoms in total. The van der Waals surface area contributed by atoms with Gasteiger partial charge in [-0.15, -0.1) is 0 Å². The smallest absolute Gasteiger partial charge is 0.328 e. The molecular formula is C21H25N5O4S. The number of carbonyl (C=O) groups is 2. The molecule has 0 unspecified atom stereocenters. The molecular weight excluding hydrogens is 418 g/mol. The second-order valence-electron chi connectivity index (χ2n) is 7.43. The maximum Gasteiger partial charge on any atom is 0.328 e. The van der Waals surface area contributed by atoms with Crippen LogP contribution in [0, 0.1) is 11.3 Å². The fraction of sp³-hybridized carbons (Fsp3) is 0.381. The molecule has 3 rings (SSSR count). The molecule has 0 spiro atoms. The van der Waals surface area contributed by atoms with E-state index in [1.165, 1.54) is 22.9 Å². The number of benzene rings is 1. The van der Waals surface area contributed by atoms with Crippen LogP contribution >= 0.6 is 0 Å². The Morgan fingerprint density at radius 1 is 1.10 bits per heavy atom. The highest BCUT2D eigenvalue weighted by molar-refractivity contribution is 7.90. The number of carbonyl (C=O) groups excluding carboxylic acids is 2. The Morgan fingerprint density at radius 2 is 1.81 bits per heavy atom. The topological polar surface area (TPSA) is 133 Å². The Kier molecular flexibility index (Phi) is 7.44. The molecule has 0 saturated heterocycles. The normalized spacial score (nSPS) is 14.5. The Bertz CT molecular complexity index is 1060. The van der Waals surface area contributed by atoms with Crippen LogP contribution in [0.5, 0.6) is 0 Å². The SMILES string of the molecule is N#Cc1cccn1C(=O)CNCc1ccc(S(=O)(=O)NC(=O)NC2CCCCC2)cc1. The molecule has 2 amide bonds. The third kappa shape index (κ3) is 6.16. The molecule has 1 saturated carbocycles. The van der Waals surface area contributed by atoms with E-state index in [2.05, 4.69) is 15.4 Å². The van der Waals surface area contributed by atoms with Gasteiger partial charge < -0.3 is 10.6 Å². The van der Waals surface area contributed by atoms with Crippen molar-refractivity contribution in [2.75, 3.05) is 6.54 Å². The van der Waals surface area contributed by atoms with Gasteiger partial charge in [-0.3, -0.25) is 9.36 Å². The van der Waals surface area contributed by atoms with Gasteiger partial charge in [-0.25, -0.2) is 17.9 Å². The van der Waals surface area contributed by atoms with Gasteiger partial charge >= 0.3 is 6.03 Å². The Morgan fingerprint density at radius 3 is 2.48 bits per heavy atom. The van der Waals surface area contributed by atoms with Crippen LogP contribution in [0.4, 0.5) is 4.79 Å². The van der Waals surface area contributed by atoms with Gasteiger partial charge in [-0.05, 0) is 42.7 Å². The quantitative estimate of drug-likeness (QED) is 0.600. The van der Waals surface area contributed by atoms with Gasteiger partial charge in [0.2, 0.25) is 5.91 Å². The Labute approximate surface area is 181 Å². The van der Waals surface area contributed by atoms with E-state index < -0.39 is 16.1 Å². The summed E-state index contributed by atoms with van der Waals surface area (Å²) in [6.45, 7) is 0.358. The van der Waals surface area contributed by atoms with Crippen LogP contribution < -0.4 is 15.4 Å². The van der Waals surface area contributed by atoms with Gasteiger partial charge in [-0.1, -0.05) is 31.4 Å². The lowest BCUT2D eigenvalue weighted by molar-refractivity contribution is 0.0911. The first kappa shape index (κ1) is 22.5. The molecule has 1 aromatic heterocycles. The summed E-state index contributed by atoms with van der Waals surface area (Å²) in [5, 5.41) is 14.7. The molecule has 1 aliphatic carbocycles. The van der Waals surface area contributed by atoms with Crippen molar-refractivity contribution < 1.29 is 18.0 Å². The van der Waals surface area contributed by atoms with Crippen molar-refractivity contribution in [2.24, 2.45) is 0 Å². The predicted molar refractivity (Wildman–Crippen MR) is 114 cm³/mol. The summed E-state index contributed by atoms with van der Waals surface area (Å²) < 4.78 is 28.2. The van der Waals surface area contributed by atoms with Crippen molar-refractivity contribution >= 4 is 22.0 Å². The molecule has 3 N–H and O–H groups in total. The van der Waals surface area contributed by atoms with E-state index in [4.69, 9.17) is 5.26 Å². The van der Waals surface area contributed by atoms with Crippen molar-refractivity contribution in [3.05, 3.63) is 53.9 Å². The van der Waals surface area contributed by atoms with E-state index in [1.807, 2.05) is 6.07 Å². The van der Waals surface area contributed by atoms with Crippen molar-refractivity contribution in [3.63, 3.8) is 0 Å². The first-order chi connectivity index (χ1) is 14.9. The Balaban J connectivity index is 1.50. The molecule has 2 aromatic rings. The molecule has 1 aliphatic rings. The second kappa shape index (κ2) is 10.2. The summed E-state index contributed by atoms with van der Waals surface area (Å²) >= 11 is 0. The molecule has 1 fully saturated rings. The average molecular weight is 444 g/mol. The van der Waals surface area contributed by atoms with Crippen molar-refractivity contribution in [1.82, 2.24) is 19.9 Å². The lowest BCUT2D eigenvalue weighted by Crippen LogP contribution is -2.45. The number of aromatic nitrogens is 1. The van der Waals surface area contributed by atoms with Crippen molar-refractivity contribution in [3.8, 4) is 6.07 Å². The number of nitriles is 1. The maximum atomic E-state index is 12.4. The van der Waals surface area contributed by atoms with Gasteiger partial charge in [0.15, 0.2) is 0 Å². The zero-order chi connectivity index (χ0) is 22.3. The molecule has 0 radical (unpaired) electrons. The van der Waals surface area contributed by atoms with Crippen molar-refractivity contribution in [1.29, 1.82) is 5.26 Å². The largest absolute Gasteiger partial charge is 0.335 e. The number of nitrogens with one attached hydrogen (secondary N) is 3. The van der Waals surface area contributed by atoms with Crippen LogP contribution in [-0.4, -0.2) is 37.5 Å². The van der Waals surface area contributed by atoms with E-state index in [-0.39, 0.29) is 29.1 Å². The van der Waals surface area contributed by atoms with Gasteiger partial charge in [0.05, 0.1) is 11.4 Å². The number of amides is 2. The van der Waals surface area contributed by atoms with Gasteiger partial charge in [0.25, 0.3) is 10.0 Å². The molecule has 1 heterocycles. The molecule has 1 aromatic carbocycles. The first-order valence-corrected chi connectivity index (χ1v) is 11.6. The summed E-state index contributed by atoms with van der Waals surface area (Å²) in [5.41, 5.74) is 1.04. The number of hydrogen-bond acceptors (Lipinski definition) is 6. The van der Waals surface area contributed by atoms with Crippen LogP contribution in [-0.2, 0) is 16.6 Å². The first-order valence-electron chi connectivity index (χ1n) is 10.1. The summed E-state index contributed by atoms with van der Waals surface area (Å²) in [4.78, 5) is 24.2. The lowest BCUT2D eigenvalue weighted by atomic mass is 9.96. The van der Waals surface area contributed by atoms with Crippen LogP contribution in [0.15, 0.2) is 47.5 Å². The fourth-order valence-corrected chi connectivity index (χ4v) is 4.43. The highest BCUT2D eigenvalue weighted by atomic mass is 32.2. The predicted octanol–water partition coefficient (Wildman–Crippen LogP) is 2.11. The number of sulfonamides is 1. The molecule has 31 heavy (non-hydrogen) atoms. The zero-order valence-electron chi connectivity index (χ0n) is 17.0. The minimum atomic E-state index is -3.97. The van der Waals surface area contributed by atoms with Crippen LogP contribution in [0.2, 0.25) is 0 Å².